The van der Waals surface area contributed by atoms with Crippen LogP contribution in [0.25, 0.3) is 5.69 Å². The third-order valence-corrected chi connectivity index (χ3v) is 3.74. The van der Waals surface area contributed by atoms with Gasteiger partial charge in [0, 0.05) is 11.2 Å². The van der Waals surface area contributed by atoms with Gasteiger partial charge in [-0.15, -0.1) is 5.10 Å². The Kier molecular flexibility index (Phi) is 4.56. The molecule has 4 nitrogen and oxygen atoms in total. The molecule has 0 N–H and O–H groups in total. The molecule has 0 radical (unpaired) electrons. The van der Waals surface area contributed by atoms with Crippen LogP contribution in [0.1, 0.15) is 5.56 Å². The molecule has 6 heteroatoms. The Morgan fingerprint density at radius 2 is 1.82 bits per heavy atom. The van der Waals surface area contributed by atoms with Crippen molar-refractivity contribution in [3.8, 4) is 5.69 Å². The van der Waals surface area contributed by atoms with E-state index in [1.54, 1.807) is 10.9 Å². The number of rotatable bonds is 4. The van der Waals surface area contributed by atoms with E-state index in [9.17, 15) is 0 Å². The SMILES string of the molecule is CSc1nc(/N=C\c2ccc(Cl)cc2)n(-c2ccccc2)n1. The highest BCUT2D eigenvalue weighted by Crippen LogP contribution is 2.20. The fraction of sp³-hybridized carbons (Fsp3) is 0.0625. The number of thioether (sulfide) groups is 1. The van der Waals surface area contributed by atoms with Gasteiger partial charge in [0.25, 0.3) is 5.95 Å². The van der Waals surface area contributed by atoms with Crippen molar-refractivity contribution < 1.29 is 0 Å². The second-order valence-corrected chi connectivity index (χ2v) is 5.67. The van der Waals surface area contributed by atoms with Gasteiger partial charge in [-0.25, -0.2) is 4.99 Å². The van der Waals surface area contributed by atoms with Crippen LogP contribution < -0.4 is 0 Å². The van der Waals surface area contributed by atoms with Gasteiger partial charge in [-0.05, 0) is 36.1 Å². The Morgan fingerprint density at radius 1 is 1.09 bits per heavy atom. The highest BCUT2D eigenvalue weighted by atomic mass is 35.5. The normalized spacial score (nSPS) is 11.2. The van der Waals surface area contributed by atoms with Crippen LogP contribution in [0.5, 0.6) is 0 Å². The largest absolute Gasteiger partial charge is 0.253 e. The monoisotopic (exact) mass is 328 g/mol. The minimum absolute atomic E-state index is 0.547. The molecule has 0 aliphatic carbocycles. The number of nitrogens with zero attached hydrogens (tertiary/aromatic N) is 4. The molecule has 0 atom stereocenters. The molecule has 0 fully saturated rings. The number of hydrogen-bond donors (Lipinski definition) is 0. The number of para-hydroxylation sites is 1. The molecule has 0 amide bonds. The number of hydrogen-bond acceptors (Lipinski definition) is 4. The third-order valence-electron chi connectivity index (χ3n) is 2.95. The third kappa shape index (κ3) is 3.37. The van der Waals surface area contributed by atoms with Crippen molar-refractivity contribution >= 4 is 35.5 Å². The lowest BCUT2D eigenvalue weighted by Gasteiger charge is -2.01. The van der Waals surface area contributed by atoms with Gasteiger partial charge in [-0.2, -0.15) is 9.67 Å². The van der Waals surface area contributed by atoms with Crippen LogP contribution in [-0.4, -0.2) is 27.2 Å². The molecule has 0 unspecified atom stereocenters. The molecule has 22 heavy (non-hydrogen) atoms. The van der Waals surface area contributed by atoms with Gasteiger partial charge in [-0.3, -0.25) is 0 Å². The summed E-state index contributed by atoms with van der Waals surface area (Å²) >= 11 is 7.37. The fourth-order valence-electron chi connectivity index (χ4n) is 1.88. The van der Waals surface area contributed by atoms with Crippen molar-refractivity contribution in [2.75, 3.05) is 6.26 Å². The van der Waals surface area contributed by atoms with Crippen molar-refractivity contribution in [2.45, 2.75) is 5.16 Å². The summed E-state index contributed by atoms with van der Waals surface area (Å²) < 4.78 is 1.73. The standard InChI is InChI=1S/C16H13ClN4S/c1-22-16-19-15(18-11-12-7-9-13(17)10-8-12)21(20-16)14-5-3-2-4-6-14/h2-11H,1H3/b18-11-. The van der Waals surface area contributed by atoms with E-state index in [0.717, 1.165) is 11.3 Å². The Labute approximate surface area is 137 Å². The Bertz CT molecular complexity index is 782. The summed E-state index contributed by atoms with van der Waals surface area (Å²) in [7, 11) is 0. The Hall–Kier alpha value is -2.11. The first kappa shape index (κ1) is 14.8. The second kappa shape index (κ2) is 6.77. The van der Waals surface area contributed by atoms with Gasteiger partial charge in [0.15, 0.2) is 0 Å². The van der Waals surface area contributed by atoms with Crippen LogP contribution in [-0.2, 0) is 0 Å². The zero-order chi connectivity index (χ0) is 15.4. The maximum atomic E-state index is 5.88. The molecule has 1 heterocycles. The first-order chi connectivity index (χ1) is 10.8. The molecule has 0 bridgehead atoms. The summed E-state index contributed by atoms with van der Waals surface area (Å²) in [5.41, 5.74) is 1.89. The van der Waals surface area contributed by atoms with E-state index in [1.807, 2.05) is 60.9 Å². The predicted octanol–water partition coefficient (Wildman–Crippen LogP) is 4.39. The minimum atomic E-state index is 0.547. The Balaban J connectivity index is 1.96. The van der Waals surface area contributed by atoms with Gasteiger partial charge in [-0.1, -0.05) is 53.7 Å². The van der Waals surface area contributed by atoms with Crippen molar-refractivity contribution in [1.29, 1.82) is 0 Å². The molecule has 0 spiro atoms. The van der Waals surface area contributed by atoms with Crippen molar-refractivity contribution in [1.82, 2.24) is 14.8 Å². The van der Waals surface area contributed by atoms with Crippen LogP contribution in [0, 0.1) is 0 Å². The van der Waals surface area contributed by atoms with E-state index in [4.69, 9.17) is 11.6 Å². The predicted molar refractivity (Wildman–Crippen MR) is 91.8 cm³/mol. The van der Waals surface area contributed by atoms with Crippen LogP contribution in [0.2, 0.25) is 5.02 Å². The van der Waals surface area contributed by atoms with Crippen LogP contribution in [0.15, 0.2) is 64.7 Å². The lowest BCUT2D eigenvalue weighted by molar-refractivity contribution is 0.836. The smallest absolute Gasteiger partial charge is 0.219 e. The zero-order valence-corrected chi connectivity index (χ0v) is 13.4. The van der Waals surface area contributed by atoms with E-state index >= 15 is 0 Å². The number of benzene rings is 2. The van der Waals surface area contributed by atoms with Gasteiger partial charge < -0.3 is 0 Å². The van der Waals surface area contributed by atoms with Gasteiger partial charge in [0.2, 0.25) is 5.16 Å². The molecule has 0 aliphatic rings. The van der Waals surface area contributed by atoms with Crippen LogP contribution >= 0.6 is 23.4 Å². The molecule has 3 aromatic rings. The quantitative estimate of drug-likeness (QED) is 0.527. The van der Waals surface area contributed by atoms with E-state index in [2.05, 4.69) is 15.1 Å². The minimum Gasteiger partial charge on any atom is -0.219 e. The first-order valence-electron chi connectivity index (χ1n) is 6.62. The van der Waals surface area contributed by atoms with Gasteiger partial charge in [0.05, 0.1) is 5.69 Å². The van der Waals surface area contributed by atoms with Crippen LogP contribution in [0.4, 0.5) is 5.95 Å². The maximum Gasteiger partial charge on any atom is 0.253 e. The van der Waals surface area contributed by atoms with E-state index in [1.165, 1.54) is 11.8 Å². The molecule has 3 rings (SSSR count). The summed E-state index contributed by atoms with van der Waals surface area (Å²) in [6.45, 7) is 0. The molecular weight excluding hydrogens is 316 g/mol. The summed E-state index contributed by atoms with van der Waals surface area (Å²) in [6, 6.07) is 17.3. The molecule has 0 saturated carbocycles. The van der Waals surface area contributed by atoms with Crippen LogP contribution in [0.3, 0.4) is 0 Å². The molecular formula is C16H13ClN4S. The van der Waals surface area contributed by atoms with Crippen molar-refractivity contribution in [3.63, 3.8) is 0 Å². The number of halogens is 1. The maximum absolute atomic E-state index is 5.88. The highest BCUT2D eigenvalue weighted by Gasteiger charge is 2.09. The summed E-state index contributed by atoms with van der Waals surface area (Å²) in [5, 5.41) is 5.85. The highest BCUT2D eigenvalue weighted by molar-refractivity contribution is 7.98. The second-order valence-electron chi connectivity index (χ2n) is 4.46. The van der Waals surface area contributed by atoms with E-state index in [0.29, 0.717) is 16.1 Å². The fourth-order valence-corrected chi connectivity index (χ4v) is 2.34. The first-order valence-corrected chi connectivity index (χ1v) is 8.22. The number of aromatic nitrogens is 3. The molecule has 2 aromatic carbocycles. The topological polar surface area (TPSA) is 43.1 Å². The lowest BCUT2D eigenvalue weighted by Crippen LogP contribution is -1.95. The van der Waals surface area contributed by atoms with Crippen molar-refractivity contribution in [3.05, 3.63) is 65.2 Å². The zero-order valence-electron chi connectivity index (χ0n) is 11.8. The molecule has 110 valence electrons. The average Bonchev–Trinajstić information content (AvgIpc) is 2.98. The van der Waals surface area contributed by atoms with Gasteiger partial charge >= 0.3 is 0 Å². The molecule has 0 aliphatic heterocycles. The molecule has 0 saturated heterocycles. The number of aliphatic imine (C=N–C) groups is 1. The lowest BCUT2D eigenvalue weighted by atomic mass is 10.2. The summed E-state index contributed by atoms with van der Waals surface area (Å²) in [6.07, 6.45) is 3.70. The van der Waals surface area contributed by atoms with E-state index in [-0.39, 0.29) is 0 Å². The Morgan fingerprint density at radius 3 is 2.50 bits per heavy atom. The van der Waals surface area contributed by atoms with E-state index < -0.39 is 0 Å². The average molecular weight is 329 g/mol. The summed E-state index contributed by atoms with van der Waals surface area (Å²) in [4.78, 5) is 8.89. The molecule has 1 aromatic heterocycles. The summed E-state index contributed by atoms with van der Waals surface area (Å²) in [5.74, 6) is 0.547. The van der Waals surface area contributed by atoms with Crippen molar-refractivity contribution in [2.24, 2.45) is 4.99 Å². The van der Waals surface area contributed by atoms with Gasteiger partial charge in [0.1, 0.15) is 0 Å².